The smallest absolute Gasteiger partial charge is 0.216 e. The summed E-state index contributed by atoms with van der Waals surface area (Å²) in [5.74, 6) is 0.769. The van der Waals surface area contributed by atoms with Crippen molar-refractivity contribution in [2.45, 2.75) is 47.1 Å². The Morgan fingerprint density at radius 1 is 1.00 bits per heavy atom. The molecule has 0 spiro atoms. The van der Waals surface area contributed by atoms with E-state index in [2.05, 4.69) is 18.8 Å². The predicted octanol–water partition coefficient (Wildman–Crippen LogP) is 4.29. The summed E-state index contributed by atoms with van der Waals surface area (Å²) in [4.78, 5) is 4.49. The van der Waals surface area contributed by atoms with E-state index in [0.29, 0.717) is 6.61 Å². The molecule has 1 aromatic rings. The highest BCUT2D eigenvalue weighted by molar-refractivity contribution is 5.95. The molecule has 96 valence electrons. The van der Waals surface area contributed by atoms with Gasteiger partial charge in [0.05, 0.1) is 5.54 Å². The van der Waals surface area contributed by atoms with Crippen LogP contribution in [-0.2, 0) is 4.74 Å². The molecule has 0 saturated carbocycles. The normalized spacial score (nSPS) is 15.5. The summed E-state index contributed by atoms with van der Waals surface area (Å²) in [6, 6.07) is 10.0. The largest absolute Gasteiger partial charge is 0.475 e. The van der Waals surface area contributed by atoms with Gasteiger partial charge in [0.1, 0.15) is 6.61 Å². The molecule has 0 amide bonds. The average Bonchev–Trinajstić information content (AvgIpc) is 2.76. The fourth-order valence-corrected chi connectivity index (χ4v) is 1.31. The molecule has 1 aromatic carbocycles. The quantitative estimate of drug-likeness (QED) is 0.711. The van der Waals surface area contributed by atoms with Gasteiger partial charge in [0, 0.05) is 5.56 Å². The third-order valence-electron chi connectivity index (χ3n) is 1.99. The van der Waals surface area contributed by atoms with Crippen LogP contribution in [0.2, 0.25) is 0 Å². The van der Waals surface area contributed by atoms with Gasteiger partial charge in [0.15, 0.2) is 0 Å². The van der Waals surface area contributed by atoms with Crippen LogP contribution in [0.15, 0.2) is 35.3 Å². The number of benzene rings is 1. The van der Waals surface area contributed by atoms with Gasteiger partial charge < -0.3 is 4.74 Å². The van der Waals surface area contributed by atoms with Gasteiger partial charge in [-0.2, -0.15) is 0 Å². The SMILES string of the molecule is CC.CC.CC1(C)COC(c2ccccc2)=N1. The lowest BCUT2D eigenvalue weighted by Crippen LogP contribution is -2.17. The number of hydrogen-bond donors (Lipinski definition) is 0. The lowest BCUT2D eigenvalue weighted by molar-refractivity contribution is 0.279. The summed E-state index contributed by atoms with van der Waals surface area (Å²) in [5.41, 5.74) is 0.999. The van der Waals surface area contributed by atoms with Gasteiger partial charge in [-0.15, -0.1) is 0 Å². The molecule has 1 heterocycles. The maximum atomic E-state index is 5.50. The highest BCUT2D eigenvalue weighted by atomic mass is 16.5. The summed E-state index contributed by atoms with van der Waals surface area (Å²) < 4.78 is 5.50. The summed E-state index contributed by atoms with van der Waals surface area (Å²) in [6.07, 6.45) is 0. The van der Waals surface area contributed by atoms with Crippen LogP contribution >= 0.6 is 0 Å². The van der Waals surface area contributed by atoms with Crippen molar-refractivity contribution < 1.29 is 4.74 Å². The Bertz CT molecular complexity index is 328. The predicted molar refractivity (Wildman–Crippen MR) is 75.7 cm³/mol. The van der Waals surface area contributed by atoms with E-state index in [-0.39, 0.29) is 5.54 Å². The number of hydrogen-bond acceptors (Lipinski definition) is 2. The van der Waals surface area contributed by atoms with E-state index in [1.807, 2.05) is 58.0 Å². The Kier molecular flexibility index (Phi) is 7.27. The lowest BCUT2D eigenvalue weighted by Gasteiger charge is -2.07. The molecule has 0 bridgehead atoms. The van der Waals surface area contributed by atoms with Crippen LogP contribution in [0.3, 0.4) is 0 Å². The summed E-state index contributed by atoms with van der Waals surface area (Å²) >= 11 is 0. The van der Waals surface area contributed by atoms with Crippen LogP contribution in [0.1, 0.15) is 47.1 Å². The number of nitrogens with zero attached hydrogens (tertiary/aromatic N) is 1. The van der Waals surface area contributed by atoms with Crippen LogP contribution < -0.4 is 0 Å². The van der Waals surface area contributed by atoms with E-state index in [1.54, 1.807) is 0 Å². The van der Waals surface area contributed by atoms with Crippen molar-refractivity contribution in [3.05, 3.63) is 35.9 Å². The minimum Gasteiger partial charge on any atom is -0.475 e. The Morgan fingerprint density at radius 3 is 1.94 bits per heavy atom. The molecule has 0 aliphatic carbocycles. The maximum Gasteiger partial charge on any atom is 0.216 e. The molecule has 2 heteroatoms. The molecule has 1 aliphatic heterocycles. The fraction of sp³-hybridized carbons (Fsp3) is 0.533. The Morgan fingerprint density at radius 2 is 1.53 bits per heavy atom. The van der Waals surface area contributed by atoms with Crippen molar-refractivity contribution in [2.75, 3.05) is 6.61 Å². The van der Waals surface area contributed by atoms with Crippen molar-refractivity contribution in [3.63, 3.8) is 0 Å². The average molecular weight is 235 g/mol. The van der Waals surface area contributed by atoms with E-state index < -0.39 is 0 Å². The topological polar surface area (TPSA) is 21.6 Å². The van der Waals surface area contributed by atoms with Gasteiger partial charge in [-0.05, 0) is 26.0 Å². The highest BCUT2D eigenvalue weighted by Crippen LogP contribution is 2.20. The first kappa shape index (κ1) is 15.7. The molecule has 0 atom stereocenters. The molecule has 0 radical (unpaired) electrons. The monoisotopic (exact) mass is 235 g/mol. The summed E-state index contributed by atoms with van der Waals surface area (Å²) in [6.45, 7) is 12.8. The van der Waals surface area contributed by atoms with Crippen molar-refractivity contribution in [3.8, 4) is 0 Å². The zero-order valence-electron chi connectivity index (χ0n) is 11.9. The summed E-state index contributed by atoms with van der Waals surface area (Å²) in [5, 5.41) is 0. The van der Waals surface area contributed by atoms with E-state index >= 15 is 0 Å². The van der Waals surface area contributed by atoms with Gasteiger partial charge in [-0.25, -0.2) is 4.99 Å². The zero-order valence-corrected chi connectivity index (χ0v) is 11.9. The molecule has 2 nitrogen and oxygen atoms in total. The van der Waals surface area contributed by atoms with Crippen molar-refractivity contribution >= 4 is 5.90 Å². The zero-order chi connectivity index (χ0) is 13.3. The Balaban J connectivity index is 0.000000581. The van der Waals surface area contributed by atoms with Crippen molar-refractivity contribution in [1.29, 1.82) is 0 Å². The molecule has 0 aromatic heterocycles. The van der Waals surface area contributed by atoms with Gasteiger partial charge in [-0.3, -0.25) is 0 Å². The molecular formula is C15H25NO. The molecule has 0 fully saturated rings. The molecule has 0 N–H and O–H groups in total. The molecule has 0 saturated heterocycles. The molecule has 17 heavy (non-hydrogen) atoms. The minimum atomic E-state index is -0.0643. The van der Waals surface area contributed by atoms with E-state index in [0.717, 1.165) is 11.5 Å². The Labute approximate surface area is 106 Å². The second kappa shape index (κ2) is 7.88. The van der Waals surface area contributed by atoms with Gasteiger partial charge in [-0.1, -0.05) is 45.9 Å². The van der Waals surface area contributed by atoms with Crippen LogP contribution in [0.25, 0.3) is 0 Å². The van der Waals surface area contributed by atoms with E-state index in [1.165, 1.54) is 0 Å². The maximum absolute atomic E-state index is 5.50. The first-order valence-corrected chi connectivity index (χ1v) is 6.45. The molecule has 1 aliphatic rings. The fourth-order valence-electron chi connectivity index (χ4n) is 1.31. The minimum absolute atomic E-state index is 0.0643. The van der Waals surface area contributed by atoms with Gasteiger partial charge >= 0.3 is 0 Å². The second-order valence-electron chi connectivity index (χ2n) is 3.88. The van der Waals surface area contributed by atoms with Crippen LogP contribution in [0.4, 0.5) is 0 Å². The van der Waals surface area contributed by atoms with Crippen molar-refractivity contribution in [2.24, 2.45) is 4.99 Å². The third-order valence-corrected chi connectivity index (χ3v) is 1.99. The number of aliphatic imine (C=N–C) groups is 1. The third kappa shape index (κ3) is 5.03. The van der Waals surface area contributed by atoms with Gasteiger partial charge in [0.2, 0.25) is 5.90 Å². The van der Waals surface area contributed by atoms with Crippen LogP contribution in [0.5, 0.6) is 0 Å². The van der Waals surface area contributed by atoms with E-state index in [9.17, 15) is 0 Å². The van der Waals surface area contributed by atoms with Gasteiger partial charge in [0.25, 0.3) is 0 Å². The molecule has 2 rings (SSSR count). The molecule has 0 unspecified atom stereocenters. The standard InChI is InChI=1S/C11H13NO.2C2H6/c1-11(2)8-13-10(12-11)9-6-4-3-5-7-9;2*1-2/h3-7H,8H2,1-2H3;2*1-2H3. The van der Waals surface area contributed by atoms with E-state index in [4.69, 9.17) is 4.74 Å². The summed E-state index contributed by atoms with van der Waals surface area (Å²) in [7, 11) is 0. The first-order valence-electron chi connectivity index (χ1n) is 6.45. The lowest BCUT2D eigenvalue weighted by atomic mass is 10.1. The number of ether oxygens (including phenoxy) is 1. The highest BCUT2D eigenvalue weighted by Gasteiger charge is 2.26. The number of rotatable bonds is 1. The first-order chi connectivity index (χ1) is 8.17. The van der Waals surface area contributed by atoms with Crippen LogP contribution in [-0.4, -0.2) is 18.0 Å². The molecular weight excluding hydrogens is 210 g/mol. The van der Waals surface area contributed by atoms with Crippen LogP contribution in [0, 0.1) is 0 Å². The van der Waals surface area contributed by atoms with Crippen molar-refractivity contribution in [1.82, 2.24) is 0 Å². The Hall–Kier alpha value is -1.31. The second-order valence-corrected chi connectivity index (χ2v) is 3.88.